The van der Waals surface area contributed by atoms with E-state index >= 15 is 0 Å². The summed E-state index contributed by atoms with van der Waals surface area (Å²) in [6.45, 7) is 4.44. The van der Waals surface area contributed by atoms with Crippen molar-refractivity contribution in [2.45, 2.75) is 42.5 Å². The molecule has 5 rings (SSSR count). The minimum Gasteiger partial charge on any atom is -0.503 e. The summed E-state index contributed by atoms with van der Waals surface area (Å²) < 4.78 is 1.83. The lowest BCUT2D eigenvalue weighted by molar-refractivity contribution is 0.0587. The molecule has 3 heterocycles. The number of nitrogens with zero attached hydrogens (tertiary/aromatic N) is 2. The summed E-state index contributed by atoms with van der Waals surface area (Å²) in [5.41, 5.74) is 3.27. The Balaban J connectivity index is 1.79. The summed E-state index contributed by atoms with van der Waals surface area (Å²) in [6.07, 6.45) is 1.67. The van der Waals surface area contributed by atoms with Gasteiger partial charge in [-0.15, -0.1) is 11.8 Å². The predicted molar refractivity (Wildman–Crippen MR) is 122 cm³/mol. The maximum Gasteiger partial charge on any atom is 0.274 e. The maximum absolute atomic E-state index is 13.2. The number of aromatic hydroxyl groups is 1. The van der Waals surface area contributed by atoms with Crippen molar-refractivity contribution < 1.29 is 9.90 Å². The Kier molecular flexibility index (Phi) is 4.89. The first-order chi connectivity index (χ1) is 15.0. The van der Waals surface area contributed by atoms with E-state index < -0.39 is 11.2 Å². The van der Waals surface area contributed by atoms with Crippen LogP contribution in [0.4, 0.5) is 0 Å². The molecule has 31 heavy (non-hydrogen) atoms. The molecule has 0 saturated carbocycles. The Labute approximate surface area is 185 Å². The quantitative estimate of drug-likeness (QED) is 0.652. The molecule has 2 aliphatic rings. The Hall–Kier alpha value is -2.99. The Morgan fingerprint density at radius 3 is 2.48 bits per heavy atom. The van der Waals surface area contributed by atoms with E-state index in [1.807, 2.05) is 30.2 Å². The van der Waals surface area contributed by atoms with E-state index in [1.54, 1.807) is 11.1 Å². The number of fused-ring (bicyclic) bond motifs is 3. The number of thioether (sulfide) groups is 1. The number of benzene rings is 2. The van der Waals surface area contributed by atoms with Crippen LogP contribution < -0.4 is 5.43 Å². The van der Waals surface area contributed by atoms with E-state index in [4.69, 9.17) is 0 Å². The third-order valence-corrected chi connectivity index (χ3v) is 7.48. The molecule has 0 fully saturated rings. The molecule has 0 saturated heterocycles. The van der Waals surface area contributed by atoms with Gasteiger partial charge in [0.25, 0.3) is 5.91 Å². The molecule has 6 heteroatoms. The minimum atomic E-state index is -0.527. The number of aromatic nitrogens is 1. The number of carbonyl (C=O) groups is 1. The molecule has 0 bridgehead atoms. The zero-order valence-corrected chi connectivity index (χ0v) is 18.3. The van der Waals surface area contributed by atoms with Gasteiger partial charge in [0, 0.05) is 41.4 Å². The van der Waals surface area contributed by atoms with E-state index in [-0.39, 0.29) is 29.6 Å². The second-order valence-corrected chi connectivity index (χ2v) is 9.42. The maximum atomic E-state index is 13.2. The first-order valence-corrected chi connectivity index (χ1v) is 11.5. The van der Waals surface area contributed by atoms with Crippen molar-refractivity contribution in [1.29, 1.82) is 0 Å². The molecular formula is C25H24N2O3S. The smallest absolute Gasteiger partial charge is 0.274 e. The highest BCUT2D eigenvalue weighted by molar-refractivity contribution is 7.98. The Bertz CT molecular complexity index is 1190. The second-order valence-electron chi connectivity index (χ2n) is 8.41. The Morgan fingerprint density at radius 1 is 1.00 bits per heavy atom. The number of carbonyl (C=O) groups excluding carboxylic acids is 1. The van der Waals surface area contributed by atoms with E-state index in [0.29, 0.717) is 6.54 Å². The van der Waals surface area contributed by atoms with Crippen LogP contribution in [-0.2, 0) is 5.75 Å². The number of rotatable bonds is 2. The summed E-state index contributed by atoms with van der Waals surface area (Å²) in [5, 5.41) is 10.6. The van der Waals surface area contributed by atoms with Crippen molar-refractivity contribution in [2.75, 3.05) is 6.54 Å². The van der Waals surface area contributed by atoms with Crippen LogP contribution in [0.3, 0.4) is 0 Å². The number of hydrogen-bond acceptors (Lipinski definition) is 4. The average Bonchev–Trinajstić information content (AvgIpc) is 2.93. The van der Waals surface area contributed by atoms with Crippen molar-refractivity contribution in [3.63, 3.8) is 0 Å². The molecule has 0 spiro atoms. The number of pyridine rings is 1. The molecule has 3 aromatic rings. The third-order valence-electron chi connectivity index (χ3n) is 6.34. The highest BCUT2D eigenvalue weighted by Gasteiger charge is 2.41. The predicted octanol–water partition coefficient (Wildman–Crippen LogP) is 4.40. The van der Waals surface area contributed by atoms with E-state index in [1.165, 1.54) is 27.7 Å². The van der Waals surface area contributed by atoms with Gasteiger partial charge in [-0.2, -0.15) is 0 Å². The van der Waals surface area contributed by atoms with Gasteiger partial charge in [-0.25, -0.2) is 0 Å². The van der Waals surface area contributed by atoms with Gasteiger partial charge < -0.3 is 14.6 Å². The first-order valence-electron chi connectivity index (χ1n) is 10.5. The van der Waals surface area contributed by atoms with Gasteiger partial charge in [-0.05, 0) is 36.6 Å². The van der Waals surface area contributed by atoms with Gasteiger partial charge >= 0.3 is 0 Å². The summed E-state index contributed by atoms with van der Waals surface area (Å²) in [6, 6.07) is 18.0. The molecule has 0 aliphatic carbocycles. The van der Waals surface area contributed by atoms with Gasteiger partial charge in [0.15, 0.2) is 11.4 Å². The minimum absolute atomic E-state index is 0.0163. The van der Waals surface area contributed by atoms with Crippen molar-refractivity contribution in [3.8, 4) is 5.75 Å². The van der Waals surface area contributed by atoms with Crippen LogP contribution in [0.1, 0.15) is 53.0 Å². The first kappa shape index (κ1) is 19.9. The monoisotopic (exact) mass is 432 g/mol. The van der Waals surface area contributed by atoms with Crippen LogP contribution >= 0.6 is 11.8 Å². The van der Waals surface area contributed by atoms with Crippen molar-refractivity contribution in [3.05, 3.63) is 93.4 Å². The van der Waals surface area contributed by atoms with Crippen LogP contribution in [0.2, 0.25) is 0 Å². The van der Waals surface area contributed by atoms with Crippen molar-refractivity contribution in [2.24, 2.45) is 0 Å². The lowest BCUT2D eigenvalue weighted by atomic mass is 9.81. The van der Waals surface area contributed by atoms with Gasteiger partial charge in [-0.1, -0.05) is 42.5 Å². The molecule has 2 aromatic carbocycles. The van der Waals surface area contributed by atoms with Gasteiger partial charge in [0.2, 0.25) is 5.43 Å². The molecule has 0 radical (unpaired) electrons. The molecule has 1 amide bonds. The molecule has 2 aliphatic heterocycles. The van der Waals surface area contributed by atoms with Gasteiger partial charge in [-0.3, -0.25) is 9.59 Å². The van der Waals surface area contributed by atoms with Crippen LogP contribution in [0.5, 0.6) is 5.75 Å². The fourth-order valence-corrected chi connectivity index (χ4v) is 5.93. The summed E-state index contributed by atoms with van der Waals surface area (Å²) in [4.78, 5) is 28.4. The van der Waals surface area contributed by atoms with Crippen LogP contribution in [0.15, 0.2) is 70.5 Å². The summed E-state index contributed by atoms with van der Waals surface area (Å²) in [5.74, 6) is 0.0988. The summed E-state index contributed by atoms with van der Waals surface area (Å²) >= 11 is 1.83. The van der Waals surface area contributed by atoms with Crippen molar-refractivity contribution >= 4 is 17.7 Å². The normalized spacial score (nSPS) is 20.1. The molecule has 158 valence electrons. The van der Waals surface area contributed by atoms with E-state index in [2.05, 4.69) is 48.5 Å². The highest BCUT2D eigenvalue weighted by Crippen LogP contribution is 2.47. The topological polar surface area (TPSA) is 62.5 Å². The Morgan fingerprint density at radius 2 is 1.71 bits per heavy atom. The fraction of sp³-hybridized carbons (Fsp3) is 0.280. The SMILES string of the molecule is CC(C)N1C[C@H](C2c3ccccc3CSc3ccccc32)n2ccc(=O)c(O)c2C1=O. The average molecular weight is 433 g/mol. The van der Waals surface area contributed by atoms with E-state index in [9.17, 15) is 14.7 Å². The lowest BCUT2D eigenvalue weighted by Crippen LogP contribution is -2.49. The molecule has 1 N–H and O–H groups in total. The van der Waals surface area contributed by atoms with Crippen LogP contribution in [0, 0.1) is 0 Å². The largest absolute Gasteiger partial charge is 0.503 e. The van der Waals surface area contributed by atoms with Crippen LogP contribution in [0.25, 0.3) is 0 Å². The number of amides is 1. The third kappa shape index (κ3) is 3.17. The molecular weight excluding hydrogens is 408 g/mol. The fourth-order valence-electron chi connectivity index (χ4n) is 4.82. The lowest BCUT2D eigenvalue weighted by Gasteiger charge is -2.42. The van der Waals surface area contributed by atoms with Crippen LogP contribution in [-0.4, -0.2) is 33.1 Å². The zero-order chi connectivity index (χ0) is 21.7. The van der Waals surface area contributed by atoms with E-state index in [0.717, 1.165) is 5.75 Å². The van der Waals surface area contributed by atoms with Gasteiger partial charge in [0.1, 0.15) is 0 Å². The second kappa shape index (κ2) is 7.61. The van der Waals surface area contributed by atoms with Crippen molar-refractivity contribution in [1.82, 2.24) is 9.47 Å². The standard InChI is InChI=1S/C25H24N2O3S/c1-15(2)27-13-19(26-12-11-20(28)24(29)23(26)25(27)30)22-17-8-4-3-7-16(17)14-31-21-10-6-5-9-18(21)22/h3-12,15,19,22,29H,13-14H2,1-2H3/t19-,22?/m1/s1. The zero-order valence-electron chi connectivity index (χ0n) is 17.5. The summed E-state index contributed by atoms with van der Waals surface area (Å²) in [7, 11) is 0. The molecule has 5 nitrogen and oxygen atoms in total. The van der Waals surface area contributed by atoms with Gasteiger partial charge in [0.05, 0.1) is 6.04 Å². The molecule has 1 unspecified atom stereocenters. The molecule has 2 atom stereocenters. The molecule has 1 aromatic heterocycles. The number of hydrogen-bond donors (Lipinski definition) is 1. The highest BCUT2D eigenvalue weighted by atomic mass is 32.2.